The summed E-state index contributed by atoms with van der Waals surface area (Å²) in [5.41, 5.74) is 1.52. The summed E-state index contributed by atoms with van der Waals surface area (Å²) in [6.07, 6.45) is 0. The molecule has 0 spiro atoms. The van der Waals surface area contributed by atoms with Gasteiger partial charge in [-0.3, -0.25) is 10.1 Å². The van der Waals surface area contributed by atoms with Gasteiger partial charge >= 0.3 is 0 Å². The van der Waals surface area contributed by atoms with E-state index < -0.39 is 4.92 Å². The molecule has 0 amide bonds. The fourth-order valence-electron chi connectivity index (χ4n) is 1.78. The Morgan fingerprint density at radius 2 is 2.10 bits per heavy atom. The number of non-ortho nitro benzene ring substituents is 1. The molecule has 2 aromatic carbocycles. The lowest BCUT2D eigenvalue weighted by molar-refractivity contribution is -0.384. The molecule has 2 N–H and O–H groups in total. The maximum Gasteiger partial charge on any atom is 0.271 e. The number of phenols is 1. The topological polar surface area (TPSA) is 84.6 Å². The zero-order valence-electron chi connectivity index (χ0n) is 10.9. The molecule has 0 aliphatic heterocycles. The van der Waals surface area contributed by atoms with Crippen molar-refractivity contribution < 1.29 is 14.8 Å². The van der Waals surface area contributed by atoms with Gasteiger partial charge in [0.25, 0.3) is 5.69 Å². The van der Waals surface area contributed by atoms with Crippen LogP contribution in [0.1, 0.15) is 5.56 Å². The van der Waals surface area contributed by atoms with E-state index in [0.717, 1.165) is 5.56 Å². The second kappa shape index (κ2) is 5.92. The Labute approximate surface area is 115 Å². The highest BCUT2D eigenvalue weighted by molar-refractivity contribution is 5.51. The summed E-state index contributed by atoms with van der Waals surface area (Å²) in [4.78, 5) is 10.2. The van der Waals surface area contributed by atoms with E-state index >= 15 is 0 Å². The molecular weight excluding hydrogens is 260 g/mol. The molecule has 0 saturated carbocycles. The minimum Gasteiger partial charge on any atom is -0.504 e. The number of hydrogen-bond acceptors (Lipinski definition) is 5. The molecule has 2 rings (SSSR count). The number of nitro benzene ring substituents is 1. The Morgan fingerprint density at radius 1 is 1.30 bits per heavy atom. The highest BCUT2D eigenvalue weighted by atomic mass is 16.6. The number of phenolic OH excluding ortho intramolecular Hbond substituents is 1. The highest BCUT2D eigenvalue weighted by Gasteiger charge is 2.06. The number of ether oxygens (including phenoxy) is 1. The molecule has 2 aromatic rings. The maximum atomic E-state index is 10.7. The summed E-state index contributed by atoms with van der Waals surface area (Å²) in [6, 6.07) is 11.3. The predicted octanol–water partition coefficient (Wildman–Crippen LogP) is 2.92. The fraction of sp³-hybridized carbons (Fsp3) is 0.143. The van der Waals surface area contributed by atoms with Gasteiger partial charge in [-0.1, -0.05) is 12.1 Å². The van der Waals surface area contributed by atoms with Crippen LogP contribution in [-0.2, 0) is 6.54 Å². The SMILES string of the molecule is COc1ccc(CNc2cccc([N+](=O)[O-])c2)cc1O. The minimum absolute atomic E-state index is 0.0348. The van der Waals surface area contributed by atoms with Gasteiger partial charge in [0.1, 0.15) is 0 Å². The van der Waals surface area contributed by atoms with Crippen LogP contribution in [0.4, 0.5) is 11.4 Å². The van der Waals surface area contributed by atoms with Crippen molar-refractivity contribution in [3.8, 4) is 11.5 Å². The maximum absolute atomic E-state index is 10.7. The molecule has 0 unspecified atom stereocenters. The molecule has 0 radical (unpaired) electrons. The third-order valence-corrected chi connectivity index (χ3v) is 2.80. The van der Waals surface area contributed by atoms with Gasteiger partial charge in [0.2, 0.25) is 0 Å². The highest BCUT2D eigenvalue weighted by Crippen LogP contribution is 2.26. The van der Waals surface area contributed by atoms with Crippen molar-refractivity contribution >= 4 is 11.4 Å². The van der Waals surface area contributed by atoms with Crippen LogP contribution < -0.4 is 10.1 Å². The molecule has 0 saturated heterocycles. The Morgan fingerprint density at radius 3 is 2.75 bits per heavy atom. The predicted molar refractivity (Wildman–Crippen MR) is 75.1 cm³/mol. The molecule has 0 fully saturated rings. The number of anilines is 1. The smallest absolute Gasteiger partial charge is 0.271 e. The van der Waals surface area contributed by atoms with E-state index in [9.17, 15) is 15.2 Å². The average Bonchev–Trinajstić information content (AvgIpc) is 2.45. The summed E-state index contributed by atoms with van der Waals surface area (Å²) in [5, 5.41) is 23.4. The molecule has 0 aliphatic rings. The normalized spacial score (nSPS) is 10.1. The van der Waals surface area contributed by atoms with Gasteiger partial charge < -0.3 is 15.2 Å². The first kappa shape index (κ1) is 13.7. The molecule has 0 heterocycles. The molecule has 0 bridgehead atoms. The Balaban J connectivity index is 2.07. The van der Waals surface area contributed by atoms with E-state index in [2.05, 4.69) is 5.32 Å². The molecular formula is C14H14N2O4. The number of benzene rings is 2. The number of hydrogen-bond donors (Lipinski definition) is 2. The Kier molecular flexibility index (Phi) is 4.05. The quantitative estimate of drug-likeness (QED) is 0.646. The van der Waals surface area contributed by atoms with E-state index in [1.807, 2.05) is 6.07 Å². The molecule has 6 heteroatoms. The van der Waals surface area contributed by atoms with Crippen LogP contribution in [-0.4, -0.2) is 17.1 Å². The van der Waals surface area contributed by atoms with Crippen molar-refractivity contribution in [1.82, 2.24) is 0 Å². The van der Waals surface area contributed by atoms with Gasteiger partial charge in [0, 0.05) is 24.4 Å². The first-order valence-corrected chi connectivity index (χ1v) is 5.94. The van der Waals surface area contributed by atoms with Crippen LogP contribution in [0.2, 0.25) is 0 Å². The van der Waals surface area contributed by atoms with Gasteiger partial charge in [0.15, 0.2) is 11.5 Å². The van der Waals surface area contributed by atoms with Gasteiger partial charge in [0.05, 0.1) is 12.0 Å². The van der Waals surface area contributed by atoms with Gasteiger partial charge in [-0.25, -0.2) is 0 Å². The van der Waals surface area contributed by atoms with Gasteiger partial charge in [-0.15, -0.1) is 0 Å². The van der Waals surface area contributed by atoms with E-state index in [0.29, 0.717) is 18.0 Å². The van der Waals surface area contributed by atoms with Crippen LogP contribution in [0, 0.1) is 10.1 Å². The second-order valence-electron chi connectivity index (χ2n) is 4.17. The lowest BCUT2D eigenvalue weighted by Gasteiger charge is -2.08. The van der Waals surface area contributed by atoms with E-state index in [4.69, 9.17) is 4.74 Å². The molecule has 0 aromatic heterocycles. The number of nitrogens with zero attached hydrogens (tertiary/aromatic N) is 1. The van der Waals surface area contributed by atoms with Crippen LogP contribution in [0.3, 0.4) is 0 Å². The first-order chi connectivity index (χ1) is 9.60. The van der Waals surface area contributed by atoms with Crippen molar-refractivity contribution in [2.45, 2.75) is 6.54 Å². The average molecular weight is 274 g/mol. The zero-order valence-corrected chi connectivity index (χ0v) is 10.9. The van der Waals surface area contributed by atoms with E-state index in [-0.39, 0.29) is 11.4 Å². The number of nitro groups is 1. The summed E-state index contributed by atoms with van der Waals surface area (Å²) < 4.78 is 4.96. The third-order valence-electron chi connectivity index (χ3n) is 2.80. The summed E-state index contributed by atoms with van der Waals surface area (Å²) in [6.45, 7) is 0.443. The number of methoxy groups -OCH3 is 1. The molecule has 104 valence electrons. The standard InChI is InChI=1S/C14H14N2O4/c1-20-14-6-5-10(7-13(14)17)9-15-11-3-2-4-12(8-11)16(18)19/h2-8,15,17H,9H2,1H3. The van der Waals surface area contributed by atoms with E-state index in [1.165, 1.54) is 19.2 Å². The Hall–Kier alpha value is -2.76. The van der Waals surface area contributed by atoms with Crippen LogP contribution in [0.15, 0.2) is 42.5 Å². The molecule has 20 heavy (non-hydrogen) atoms. The van der Waals surface area contributed by atoms with Crippen LogP contribution in [0.25, 0.3) is 0 Å². The van der Waals surface area contributed by atoms with Crippen molar-refractivity contribution in [3.63, 3.8) is 0 Å². The van der Waals surface area contributed by atoms with Crippen molar-refractivity contribution in [2.75, 3.05) is 12.4 Å². The minimum atomic E-state index is -0.440. The first-order valence-electron chi connectivity index (χ1n) is 5.94. The lowest BCUT2D eigenvalue weighted by atomic mass is 10.2. The summed E-state index contributed by atoms with van der Waals surface area (Å²) >= 11 is 0. The van der Waals surface area contributed by atoms with E-state index in [1.54, 1.807) is 24.3 Å². The molecule has 0 atom stereocenters. The van der Waals surface area contributed by atoms with Crippen molar-refractivity contribution in [2.24, 2.45) is 0 Å². The van der Waals surface area contributed by atoms with Crippen molar-refractivity contribution in [3.05, 3.63) is 58.1 Å². The number of rotatable bonds is 5. The second-order valence-corrected chi connectivity index (χ2v) is 4.17. The summed E-state index contributed by atoms with van der Waals surface area (Å²) in [7, 11) is 1.48. The fourth-order valence-corrected chi connectivity index (χ4v) is 1.78. The largest absolute Gasteiger partial charge is 0.504 e. The van der Waals surface area contributed by atoms with Crippen molar-refractivity contribution in [1.29, 1.82) is 0 Å². The molecule has 6 nitrogen and oxygen atoms in total. The van der Waals surface area contributed by atoms with Crippen LogP contribution in [0.5, 0.6) is 11.5 Å². The lowest BCUT2D eigenvalue weighted by Crippen LogP contribution is -2.00. The number of aromatic hydroxyl groups is 1. The zero-order chi connectivity index (χ0) is 14.5. The monoisotopic (exact) mass is 274 g/mol. The van der Waals surface area contributed by atoms with Crippen LogP contribution >= 0.6 is 0 Å². The summed E-state index contributed by atoms with van der Waals surface area (Å²) in [5.74, 6) is 0.468. The third kappa shape index (κ3) is 3.17. The molecule has 0 aliphatic carbocycles. The van der Waals surface area contributed by atoms with Gasteiger partial charge in [-0.05, 0) is 23.8 Å². The number of nitrogens with one attached hydrogen (secondary N) is 1. The van der Waals surface area contributed by atoms with Gasteiger partial charge in [-0.2, -0.15) is 0 Å². The Bertz CT molecular complexity index is 628.